The Morgan fingerprint density at radius 2 is 2.17 bits per heavy atom. The minimum atomic E-state index is -4.15. The Morgan fingerprint density at radius 3 is 2.72 bits per heavy atom. The van der Waals surface area contributed by atoms with Crippen LogP contribution in [0.1, 0.15) is 24.0 Å². The summed E-state index contributed by atoms with van der Waals surface area (Å²) >= 11 is 1.47. The summed E-state index contributed by atoms with van der Waals surface area (Å²) in [6.45, 7) is 2.33. The van der Waals surface area contributed by atoms with E-state index in [1.807, 2.05) is 19.4 Å². The van der Waals surface area contributed by atoms with E-state index in [0.717, 1.165) is 5.01 Å². The fourth-order valence-electron chi connectivity index (χ4n) is 1.67. The van der Waals surface area contributed by atoms with E-state index in [-0.39, 0.29) is 6.54 Å². The van der Waals surface area contributed by atoms with Gasteiger partial charge in [-0.1, -0.05) is 6.92 Å². The van der Waals surface area contributed by atoms with Crippen LogP contribution in [0.25, 0.3) is 0 Å². The lowest BCUT2D eigenvalue weighted by atomic mass is 10.3. The van der Waals surface area contributed by atoms with E-state index in [2.05, 4.69) is 10.3 Å². The molecule has 0 fully saturated rings. The number of alkyl halides is 3. The molecule has 0 spiro atoms. The molecule has 104 valence electrons. The van der Waals surface area contributed by atoms with Crippen molar-refractivity contribution in [3.8, 4) is 0 Å². The third-order valence-corrected chi connectivity index (χ3v) is 3.15. The van der Waals surface area contributed by atoms with Gasteiger partial charge in [0.25, 0.3) is 0 Å². The highest BCUT2D eigenvalue weighted by Crippen LogP contribution is 2.19. The molecule has 1 aromatic rings. The largest absolute Gasteiger partial charge is 0.401 e. The lowest BCUT2D eigenvalue weighted by Crippen LogP contribution is -2.34. The molecule has 3 nitrogen and oxygen atoms in total. The van der Waals surface area contributed by atoms with E-state index in [4.69, 9.17) is 0 Å². The summed E-state index contributed by atoms with van der Waals surface area (Å²) in [6, 6.07) is 0. The molecule has 18 heavy (non-hydrogen) atoms. The second-order valence-corrected chi connectivity index (χ2v) is 5.03. The predicted molar refractivity (Wildman–Crippen MR) is 66.5 cm³/mol. The number of aromatic nitrogens is 1. The van der Waals surface area contributed by atoms with Crippen molar-refractivity contribution in [3.63, 3.8) is 0 Å². The van der Waals surface area contributed by atoms with E-state index in [9.17, 15) is 13.2 Å². The van der Waals surface area contributed by atoms with Crippen molar-refractivity contribution in [1.29, 1.82) is 0 Å². The molecule has 1 N–H and O–H groups in total. The molecule has 0 saturated carbocycles. The zero-order chi connectivity index (χ0) is 13.6. The van der Waals surface area contributed by atoms with Gasteiger partial charge in [-0.15, -0.1) is 11.3 Å². The minimum Gasteiger partial charge on any atom is -0.314 e. The van der Waals surface area contributed by atoms with Crippen LogP contribution in [0, 0.1) is 0 Å². The Labute approximate surface area is 109 Å². The van der Waals surface area contributed by atoms with E-state index >= 15 is 0 Å². The maximum absolute atomic E-state index is 12.4. The number of halogens is 3. The Bertz CT molecular complexity index is 352. The predicted octanol–water partition coefficient (Wildman–Crippen LogP) is 2.64. The van der Waals surface area contributed by atoms with Gasteiger partial charge in [0.15, 0.2) is 0 Å². The van der Waals surface area contributed by atoms with Gasteiger partial charge in [-0.05, 0) is 20.0 Å². The van der Waals surface area contributed by atoms with Crippen LogP contribution in [0.5, 0.6) is 0 Å². The lowest BCUT2D eigenvalue weighted by Gasteiger charge is -2.21. The number of nitrogens with one attached hydrogen (secondary N) is 1. The van der Waals surface area contributed by atoms with E-state index < -0.39 is 12.7 Å². The van der Waals surface area contributed by atoms with Crippen LogP contribution < -0.4 is 5.32 Å². The van der Waals surface area contributed by atoms with Crippen LogP contribution in [0.15, 0.2) is 5.38 Å². The standard InChI is InChI=1S/C11H18F3N3S/c1-3-4-17(8-11(12,13)14)6-9-7-18-10(16-9)5-15-2/h7,15H,3-6,8H2,1-2H3. The number of nitrogens with zero attached hydrogens (tertiary/aromatic N) is 2. The van der Waals surface area contributed by atoms with Crippen molar-refractivity contribution in [3.05, 3.63) is 16.1 Å². The van der Waals surface area contributed by atoms with Crippen LogP contribution in [0.4, 0.5) is 13.2 Å². The third kappa shape index (κ3) is 5.79. The lowest BCUT2D eigenvalue weighted by molar-refractivity contribution is -0.147. The van der Waals surface area contributed by atoms with E-state index in [1.165, 1.54) is 16.2 Å². The molecule has 0 aromatic carbocycles. The molecule has 0 bridgehead atoms. The number of thiazole rings is 1. The van der Waals surface area contributed by atoms with E-state index in [0.29, 0.717) is 25.2 Å². The first-order chi connectivity index (χ1) is 8.44. The second-order valence-electron chi connectivity index (χ2n) is 4.09. The molecule has 0 saturated heterocycles. The maximum atomic E-state index is 12.4. The molecule has 0 aliphatic rings. The second kappa shape index (κ2) is 7.06. The molecule has 0 atom stereocenters. The zero-order valence-corrected chi connectivity index (χ0v) is 11.4. The topological polar surface area (TPSA) is 28.2 Å². The van der Waals surface area contributed by atoms with Crippen LogP contribution in [0.3, 0.4) is 0 Å². The molecule has 0 unspecified atom stereocenters. The van der Waals surface area contributed by atoms with Crippen molar-refractivity contribution < 1.29 is 13.2 Å². The highest BCUT2D eigenvalue weighted by molar-refractivity contribution is 7.09. The zero-order valence-electron chi connectivity index (χ0n) is 10.5. The van der Waals surface area contributed by atoms with Gasteiger partial charge in [0, 0.05) is 18.5 Å². The smallest absolute Gasteiger partial charge is 0.314 e. The molecule has 0 aliphatic carbocycles. The van der Waals surface area contributed by atoms with Gasteiger partial charge in [-0.2, -0.15) is 13.2 Å². The summed E-state index contributed by atoms with van der Waals surface area (Å²) in [7, 11) is 1.81. The first kappa shape index (κ1) is 15.4. The van der Waals surface area contributed by atoms with Gasteiger partial charge in [-0.3, -0.25) is 4.90 Å². The quantitative estimate of drug-likeness (QED) is 0.833. The first-order valence-electron chi connectivity index (χ1n) is 5.81. The maximum Gasteiger partial charge on any atom is 0.401 e. The molecule has 7 heteroatoms. The van der Waals surface area contributed by atoms with Crippen molar-refractivity contribution in [2.24, 2.45) is 0 Å². The highest BCUT2D eigenvalue weighted by atomic mass is 32.1. The molecule has 0 aliphatic heterocycles. The number of hydrogen-bond donors (Lipinski definition) is 1. The Kier molecular flexibility index (Phi) is 6.04. The summed E-state index contributed by atoms with van der Waals surface area (Å²) in [5, 5.41) is 5.69. The van der Waals surface area contributed by atoms with Crippen molar-refractivity contribution >= 4 is 11.3 Å². The van der Waals surface area contributed by atoms with Gasteiger partial charge >= 0.3 is 6.18 Å². The fourth-order valence-corrected chi connectivity index (χ4v) is 2.46. The molecule has 1 rings (SSSR count). The summed E-state index contributed by atoms with van der Waals surface area (Å²) in [5.41, 5.74) is 0.711. The highest BCUT2D eigenvalue weighted by Gasteiger charge is 2.30. The molecule has 1 aromatic heterocycles. The van der Waals surface area contributed by atoms with Gasteiger partial charge < -0.3 is 5.32 Å². The number of hydrogen-bond acceptors (Lipinski definition) is 4. The van der Waals surface area contributed by atoms with E-state index in [1.54, 1.807) is 0 Å². The van der Waals surface area contributed by atoms with Gasteiger partial charge in [-0.25, -0.2) is 4.98 Å². The summed E-state index contributed by atoms with van der Waals surface area (Å²) in [4.78, 5) is 5.69. The molecular formula is C11H18F3N3S. The SMILES string of the molecule is CCCN(Cc1csc(CNC)n1)CC(F)(F)F. The minimum absolute atomic E-state index is 0.258. The van der Waals surface area contributed by atoms with Crippen molar-refractivity contribution in [2.75, 3.05) is 20.1 Å². The molecular weight excluding hydrogens is 263 g/mol. The summed E-state index contributed by atoms with van der Waals surface area (Å²) in [6.07, 6.45) is -3.46. The van der Waals surface area contributed by atoms with Gasteiger partial charge in [0.2, 0.25) is 0 Å². The van der Waals surface area contributed by atoms with Gasteiger partial charge in [0.1, 0.15) is 5.01 Å². The van der Waals surface area contributed by atoms with Crippen LogP contribution in [-0.4, -0.2) is 36.2 Å². The Hall–Kier alpha value is -0.660. The fraction of sp³-hybridized carbons (Fsp3) is 0.727. The monoisotopic (exact) mass is 281 g/mol. The van der Waals surface area contributed by atoms with Gasteiger partial charge in [0.05, 0.1) is 12.2 Å². The van der Waals surface area contributed by atoms with Crippen LogP contribution in [-0.2, 0) is 13.1 Å². The normalized spacial score (nSPS) is 12.3. The molecule has 0 amide bonds. The average molecular weight is 281 g/mol. The molecule has 1 heterocycles. The average Bonchev–Trinajstić information content (AvgIpc) is 2.64. The summed E-state index contributed by atoms with van der Waals surface area (Å²) in [5.74, 6) is 0. The van der Waals surface area contributed by atoms with Crippen LogP contribution in [0.2, 0.25) is 0 Å². The first-order valence-corrected chi connectivity index (χ1v) is 6.69. The Morgan fingerprint density at radius 1 is 1.44 bits per heavy atom. The van der Waals surface area contributed by atoms with Crippen molar-refractivity contribution in [1.82, 2.24) is 15.2 Å². The number of rotatable bonds is 7. The van der Waals surface area contributed by atoms with Crippen LogP contribution >= 0.6 is 11.3 Å². The third-order valence-electron chi connectivity index (χ3n) is 2.26. The summed E-state index contributed by atoms with van der Waals surface area (Å²) < 4.78 is 37.2. The Balaban J connectivity index is 2.58. The van der Waals surface area contributed by atoms with Crippen molar-refractivity contribution in [2.45, 2.75) is 32.6 Å². The molecule has 0 radical (unpaired) electrons.